The van der Waals surface area contributed by atoms with Gasteiger partial charge in [-0.25, -0.2) is 0 Å². The molecule has 0 aliphatic carbocycles. The Labute approximate surface area is 111 Å². The van der Waals surface area contributed by atoms with E-state index in [1.54, 1.807) is 12.1 Å². The fraction of sp³-hybridized carbons (Fsp3) is 0.0769. The van der Waals surface area contributed by atoms with Gasteiger partial charge in [-0.05, 0) is 23.8 Å². The molecule has 90 valence electrons. The van der Waals surface area contributed by atoms with Crippen molar-refractivity contribution in [2.45, 2.75) is 7.43 Å². The summed E-state index contributed by atoms with van der Waals surface area (Å²) in [5.41, 5.74) is 14.3. The molecule has 4 heteroatoms. The summed E-state index contributed by atoms with van der Waals surface area (Å²) >= 11 is 11.9. The van der Waals surface area contributed by atoms with Crippen LogP contribution in [-0.2, 0) is 0 Å². The molecule has 2 aromatic carbocycles. The summed E-state index contributed by atoms with van der Waals surface area (Å²) in [6, 6.07) is 11.0. The SMILES string of the molecule is C.Nc1ccc(-c2cccc(Cl)c2)c(N)c1Cl. The third-order valence-electron chi connectivity index (χ3n) is 2.35. The third-order valence-corrected chi connectivity index (χ3v) is 3.00. The molecule has 2 aromatic rings. The molecule has 0 aliphatic rings. The molecular weight excluding hydrogens is 255 g/mol. The van der Waals surface area contributed by atoms with Gasteiger partial charge in [0.1, 0.15) is 0 Å². The molecule has 0 saturated heterocycles. The van der Waals surface area contributed by atoms with Crippen LogP contribution in [0.25, 0.3) is 11.1 Å². The van der Waals surface area contributed by atoms with Crippen LogP contribution in [0.4, 0.5) is 11.4 Å². The Morgan fingerprint density at radius 2 is 1.65 bits per heavy atom. The molecule has 0 heterocycles. The summed E-state index contributed by atoms with van der Waals surface area (Å²) in [4.78, 5) is 0. The second kappa shape index (κ2) is 5.30. The number of benzene rings is 2. The summed E-state index contributed by atoms with van der Waals surface area (Å²) in [5.74, 6) is 0. The van der Waals surface area contributed by atoms with Gasteiger partial charge in [-0.3, -0.25) is 0 Å². The van der Waals surface area contributed by atoms with Gasteiger partial charge in [0.05, 0.1) is 16.4 Å². The average Bonchev–Trinajstić information content (AvgIpc) is 2.26. The van der Waals surface area contributed by atoms with Crippen LogP contribution in [0.3, 0.4) is 0 Å². The van der Waals surface area contributed by atoms with Crippen molar-refractivity contribution in [3.63, 3.8) is 0 Å². The first kappa shape index (κ1) is 13.7. The Balaban J connectivity index is 0.00000144. The van der Waals surface area contributed by atoms with Gasteiger partial charge in [-0.2, -0.15) is 0 Å². The summed E-state index contributed by atoms with van der Waals surface area (Å²) in [7, 11) is 0. The average molecular weight is 269 g/mol. The molecule has 0 atom stereocenters. The zero-order valence-electron chi connectivity index (χ0n) is 8.37. The Kier molecular flexibility index (Phi) is 4.27. The van der Waals surface area contributed by atoms with E-state index in [1.165, 1.54) is 0 Å². The molecule has 0 bridgehead atoms. The number of rotatable bonds is 1. The molecule has 0 saturated carbocycles. The van der Waals surface area contributed by atoms with Gasteiger partial charge in [0.25, 0.3) is 0 Å². The molecule has 2 nitrogen and oxygen atoms in total. The van der Waals surface area contributed by atoms with Crippen molar-refractivity contribution < 1.29 is 0 Å². The molecule has 0 aromatic heterocycles. The van der Waals surface area contributed by atoms with Crippen molar-refractivity contribution >= 4 is 34.6 Å². The molecule has 4 N–H and O–H groups in total. The van der Waals surface area contributed by atoms with Crippen molar-refractivity contribution in [2.24, 2.45) is 0 Å². The van der Waals surface area contributed by atoms with Crippen LogP contribution in [0.15, 0.2) is 36.4 Å². The number of hydrogen-bond donors (Lipinski definition) is 2. The monoisotopic (exact) mass is 268 g/mol. The standard InChI is InChI=1S/C12H10Cl2N2.CH4/c13-8-3-1-2-7(6-8)9-4-5-10(15)11(14)12(9)16;/h1-6H,15-16H2;1H4. The number of hydrogen-bond acceptors (Lipinski definition) is 2. The van der Waals surface area contributed by atoms with Gasteiger partial charge >= 0.3 is 0 Å². The van der Waals surface area contributed by atoms with E-state index in [-0.39, 0.29) is 7.43 Å². The fourth-order valence-corrected chi connectivity index (χ4v) is 1.87. The molecule has 0 unspecified atom stereocenters. The Hall–Kier alpha value is -1.38. The molecule has 0 radical (unpaired) electrons. The van der Waals surface area contributed by atoms with E-state index in [4.69, 9.17) is 34.7 Å². The van der Waals surface area contributed by atoms with Gasteiger partial charge in [0.2, 0.25) is 0 Å². The van der Waals surface area contributed by atoms with E-state index in [9.17, 15) is 0 Å². The molecule has 0 amide bonds. The van der Waals surface area contributed by atoms with Crippen molar-refractivity contribution in [3.8, 4) is 11.1 Å². The highest BCUT2D eigenvalue weighted by atomic mass is 35.5. The largest absolute Gasteiger partial charge is 0.397 e. The smallest absolute Gasteiger partial charge is 0.0870 e. The van der Waals surface area contributed by atoms with Crippen LogP contribution in [0.1, 0.15) is 7.43 Å². The lowest BCUT2D eigenvalue weighted by Gasteiger charge is -2.09. The Bertz CT molecular complexity index is 539. The number of anilines is 2. The van der Waals surface area contributed by atoms with Crippen molar-refractivity contribution in [1.29, 1.82) is 0 Å². The number of nitrogen functional groups attached to an aromatic ring is 2. The first-order chi connectivity index (χ1) is 7.59. The van der Waals surface area contributed by atoms with Crippen LogP contribution >= 0.6 is 23.2 Å². The van der Waals surface area contributed by atoms with Gasteiger partial charge in [0.15, 0.2) is 0 Å². The summed E-state index contributed by atoms with van der Waals surface area (Å²) in [5, 5.41) is 1.04. The Morgan fingerprint density at radius 1 is 0.941 bits per heavy atom. The van der Waals surface area contributed by atoms with Gasteiger partial charge < -0.3 is 11.5 Å². The second-order valence-corrected chi connectivity index (χ2v) is 4.25. The predicted molar refractivity (Wildman–Crippen MR) is 77.5 cm³/mol. The highest BCUT2D eigenvalue weighted by Crippen LogP contribution is 2.35. The first-order valence-corrected chi connectivity index (χ1v) is 5.44. The third kappa shape index (κ3) is 2.65. The maximum Gasteiger partial charge on any atom is 0.0870 e. The van der Waals surface area contributed by atoms with Crippen LogP contribution in [-0.4, -0.2) is 0 Å². The minimum atomic E-state index is 0. The lowest BCUT2D eigenvalue weighted by atomic mass is 10.0. The summed E-state index contributed by atoms with van der Waals surface area (Å²) in [6.45, 7) is 0. The number of nitrogens with two attached hydrogens (primary N) is 2. The van der Waals surface area contributed by atoms with Crippen LogP contribution in [0.2, 0.25) is 10.0 Å². The summed E-state index contributed by atoms with van der Waals surface area (Å²) < 4.78 is 0. The molecule has 2 rings (SSSR count). The highest BCUT2D eigenvalue weighted by molar-refractivity contribution is 6.36. The lowest BCUT2D eigenvalue weighted by molar-refractivity contribution is 1.60. The molecular formula is C13H14Cl2N2. The van der Waals surface area contributed by atoms with Gasteiger partial charge in [0, 0.05) is 10.6 Å². The van der Waals surface area contributed by atoms with E-state index in [0.29, 0.717) is 21.4 Å². The topological polar surface area (TPSA) is 52.0 Å². The van der Waals surface area contributed by atoms with Crippen molar-refractivity contribution in [1.82, 2.24) is 0 Å². The quantitative estimate of drug-likeness (QED) is 0.751. The van der Waals surface area contributed by atoms with E-state index in [1.807, 2.05) is 24.3 Å². The normalized spacial score (nSPS) is 9.76. The van der Waals surface area contributed by atoms with E-state index >= 15 is 0 Å². The van der Waals surface area contributed by atoms with Gasteiger partial charge in [-0.15, -0.1) is 0 Å². The Morgan fingerprint density at radius 3 is 2.29 bits per heavy atom. The van der Waals surface area contributed by atoms with Crippen LogP contribution in [0.5, 0.6) is 0 Å². The highest BCUT2D eigenvalue weighted by Gasteiger charge is 2.08. The molecule has 17 heavy (non-hydrogen) atoms. The minimum Gasteiger partial charge on any atom is -0.397 e. The minimum absolute atomic E-state index is 0. The zero-order chi connectivity index (χ0) is 11.7. The molecule has 0 aliphatic heterocycles. The van der Waals surface area contributed by atoms with Crippen LogP contribution < -0.4 is 11.5 Å². The second-order valence-electron chi connectivity index (χ2n) is 3.44. The van der Waals surface area contributed by atoms with Crippen LogP contribution in [0, 0.1) is 0 Å². The summed E-state index contributed by atoms with van der Waals surface area (Å²) in [6.07, 6.45) is 0. The van der Waals surface area contributed by atoms with Gasteiger partial charge in [-0.1, -0.05) is 48.8 Å². The van der Waals surface area contributed by atoms with Crippen molar-refractivity contribution in [2.75, 3.05) is 11.5 Å². The number of halogens is 2. The van der Waals surface area contributed by atoms with E-state index in [2.05, 4.69) is 0 Å². The van der Waals surface area contributed by atoms with Crippen molar-refractivity contribution in [3.05, 3.63) is 46.4 Å². The predicted octanol–water partition coefficient (Wildman–Crippen LogP) is 4.46. The maximum atomic E-state index is 5.99. The lowest BCUT2D eigenvalue weighted by Crippen LogP contribution is -1.95. The zero-order valence-corrected chi connectivity index (χ0v) is 9.89. The van der Waals surface area contributed by atoms with E-state index < -0.39 is 0 Å². The molecule has 0 spiro atoms. The maximum absolute atomic E-state index is 5.99. The fourth-order valence-electron chi connectivity index (χ4n) is 1.52. The first-order valence-electron chi connectivity index (χ1n) is 4.69. The molecule has 0 fully saturated rings. The van der Waals surface area contributed by atoms with E-state index in [0.717, 1.165) is 11.1 Å².